The average Bonchev–Trinajstić information content (AvgIpc) is 2.19. The van der Waals surface area contributed by atoms with Crippen molar-refractivity contribution in [2.75, 3.05) is 0 Å². The van der Waals surface area contributed by atoms with Gasteiger partial charge in [0.15, 0.2) is 0 Å². The Bertz CT molecular complexity index is 297. The molecule has 0 saturated heterocycles. The van der Waals surface area contributed by atoms with Gasteiger partial charge < -0.3 is 5.11 Å². The zero-order valence-electron chi connectivity index (χ0n) is 8.47. The molecule has 0 spiro atoms. The van der Waals surface area contributed by atoms with Gasteiger partial charge in [0, 0.05) is 12.4 Å². The molecule has 3 nitrogen and oxygen atoms in total. The summed E-state index contributed by atoms with van der Waals surface area (Å²) in [5.41, 5.74) is 0.786. The van der Waals surface area contributed by atoms with Crippen LogP contribution in [0.4, 0.5) is 0 Å². The summed E-state index contributed by atoms with van der Waals surface area (Å²) in [7, 11) is 0. The van der Waals surface area contributed by atoms with Crippen LogP contribution in [0.25, 0.3) is 0 Å². The molecule has 1 heterocycles. The third kappa shape index (κ3) is 2.31. The Morgan fingerprint density at radius 1 is 1.64 bits per heavy atom. The molecule has 0 aliphatic carbocycles. The fraction of sp³-hybridized carbons (Fsp3) is 0.455. The van der Waals surface area contributed by atoms with E-state index in [4.69, 9.17) is 5.11 Å². The Labute approximate surface area is 83.8 Å². The first-order valence-electron chi connectivity index (χ1n) is 4.79. The lowest BCUT2D eigenvalue weighted by Gasteiger charge is -2.18. The molecule has 0 radical (unpaired) electrons. The number of carboxylic acids is 1. The molecule has 1 aromatic heterocycles. The van der Waals surface area contributed by atoms with E-state index in [0.29, 0.717) is 0 Å². The SMILES string of the molecule is CCC(C)C(C(=O)O)c1cccnc1. The van der Waals surface area contributed by atoms with Gasteiger partial charge >= 0.3 is 5.97 Å². The molecular formula is C11H15NO2. The number of carbonyl (C=O) groups is 1. The molecule has 0 saturated carbocycles. The Morgan fingerprint density at radius 2 is 2.36 bits per heavy atom. The van der Waals surface area contributed by atoms with Gasteiger partial charge in [-0.05, 0) is 17.5 Å². The lowest BCUT2D eigenvalue weighted by atomic mass is 9.86. The minimum atomic E-state index is -0.771. The Hall–Kier alpha value is -1.38. The number of rotatable bonds is 4. The average molecular weight is 193 g/mol. The van der Waals surface area contributed by atoms with Gasteiger partial charge in [0.05, 0.1) is 5.92 Å². The summed E-state index contributed by atoms with van der Waals surface area (Å²) >= 11 is 0. The molecule has 3 heteroatoms. The Morgan fingerprint density at radius 3 is 2.79 bits per heavy atom. The van der Waals surface area contributed by atoms with Gasteiger partial charge in [-0.25, -0.2) is 0 Å². The molecule has 0 aliphatic heterocycles. The van der Waals surface area contributed by atoms with Crippen molar-refractivity contribution >= 4 is 5.97 Å². The van der Waals surface area contributed by atoms with Crippen molar-refractivity contribution in [3.8, 4) is 0 Å². The molecule has 0 bridgehead atoms. The molecule has 0 aliphatic rings. The van der Waals surface area contributed by atoms with Crippen LogP contribution in [0.3, 0.4) is 0 Å². The minimum absolute atomic E-state index is 0.136. The van der Waals surface area contributed by atoms with E-state index in [2.05, 4.69) is 4.98 Å². The largest absolute Gasteiger partial charge is 0.481 e. The van der Waals surface area contributed by atoms with Gasteiger partial charge in [0.25, 0.3) is 0 Å². The van der Waals surface area contributed by atoms with Crippen molar-refractivity contribution < 1.29 is 9.90 Å². The quantitative estimate of drug-likeness (QED) is 0.798. The van der Waals surface area contributed by atoms with Crippen molar-refractivity contribution in [2.45, 2.75) is 26.2 Å². The van der Waals surface area contributed by atoms with Crippen LogP contribution in [0.15, 0.2) is 24.5 Å². The number of pyridine rings is 1. The van der Waals surface area contributed by atoms with Crippen LogP contribution >= 0.6 is 0 Å². The molecule has 1 aromatic rings. The van der Waals surface area contributed by atoms with Crippen molar-refractivity contribution in [3.05, 3.63) is 30.1 Å². The highest BCUT2D eigenvalue weighted by Crippen LogP contribution is 2.26. The van der Waals surface area contributed by atoms with E-state index in [9.17, 15) is 4.79 Å². The summed E-state index contributed by atoms with van der Waals surface area (Å²) < 4.78 is 0. The van der Waals surface area contributed by atoms with Gasteiger partial charge in [0.1, 0.15) is 0 Å². The molecule has 0 aromatic carbocycles. The number of hydrogen-bond donors (Lipinski definition) is 1. The standard InChI is InChI=1S/C11H15NO2/c1-3-8(2)10(11(13)14)9-5-4-6-12-7-9/h4-8,10H,3H2,1-2H3,(H,13,14). The van der Waals surface area contributed by atoms with Gasteiger partial charge in [0.2, 0.25) is 0 Å². The highest BCUT2D eigenvalue weighted by atomic mass is 16.4. The summed E-state index contributed by atoms with van der Waals surface area (Å²) in [6.45, 7) is 3.95. The van der Waals surface area contributed by atoms with Gasteiger partial charge in [-0.15, -0.1) is 0 Å². The molecule has 2 unspecified atom stereocenters. The van der Waals surface area contributed by atoms with Crippen LogP contribution in [0, 0.1) is 5.92 Å². The summed E-state index contributed by atoms with van der Waals surface area (Å²) in [4.78, 5) is 15.0. The maximum Gasteiger partial charge on any atom is 0.311 e. The van der Waals surface area contributed by atoms with Crippen LogP contribution in [-0.2, 0) is 4.79 Å². The molecule has 76 valence electrons. The molecule has 0 amide bonds. The smallest absolute Gasteiger partial charge is 0.311 e. The predicted molar refractivity (Wildman–Crippen MR) is 54.1 cm³/mol. The summed E-state index contributed by atoms with van der Waals surface area (Å²) in [6, 6.07) is 3.59. The second-order valence-electron chi connectivity index (χ2n) is 3.49. The number of carboxylic acid groups (broad SMARTS) is 1. The van der Waals surface area contributed by atoms with E-state index in [1.165, 1.54) is 0 Å². The zero-order valence-corrected chi connectivity index (χ0v) is 8.47. The highest BCUT2D eigenvalue weighted by molar-refractivity contribution is 5.76. The number of aromatic nitrogens is 1. The van der Waals surface area contributed by atoms with E-state index in [1.54, 1.807) is 18.5 Å². The van der Waals surface area contributed by atoms with E-state index < -0.39 is 11.9 Å². The first kappa shape index (κ1) is 10.7. The first-order chi connectivity index (χ1) is 6.66. The third-order valence-corrected chi connectivity index (χ3v) is 2.52. The Kier molecular flexibility index (Phi) is 3.63. The van der Waals surface area contributed by atoms with E-state index in [1.807, 2.05) is 19.9 Å². The van der Waals surface area contributed by atoms with Gasteiger partial charge in [-0.2, -0.15) is 0 Å². The second kappa shape index (κ2) is 4.74. The summed E-state index contributed by atoms with van der Waals surface area (Å²) in [5.74, 6) is -1.07. The lowest BCUT2D eigenvalue weighted by molar-refractivity contribution is -0.140. The van der Waals surface area contributed by atoms with Gasteiger partial charge in [-0.3, -0.25) is 9.78 Å². The van der Waals surface area contributed by atoms with Crippen LogP contribution < -0.4 is 0 Å². The molecule has 14 heavy (non-hydrogen) atoms. The molecule has 1 N–H and O–H groups in total. The maximum atomic E-state index is 11.1. The van der Waals surface area contributed by atoms with Crippen LogP contribution in [-0.4, -0.2) is 16.1 Å². The van der Waals surface area contributed by atoms with E-state index in [-0.39, 0.29) is 5.92 Å². The van der Waals surface area contributed by atoms with Crippen molar-refractivity contribution in [1.82, 2.24) is 4.98 Å². The van der Waals surface area contributed by atoms with Crippen molar-refractivity contribution in [3.63, 3.8) is 0 Å². The lowest BCUT2D eigenvalue weighted by Crippen LogP contribution is -2.19. The number of aliphatic carboxylic acids is 1. The zero-order chi connectivity index (χ0) is 10.6. The van der Waals surface area contributed by atoms with Crippen LogP contribution in [0.1, 0.15) is 31.7 Å². The second-order valence-corrected chi connectivity index (χ2v) is 3.49. The van der Waals surface area contributed by atoms with Crippen LogP contribution in [0.5, 0.6) is 0 Å². The third-order valence-electron chi connectivity index (χ3n) is 2.52. The van der Waals surface area contributed by atoms with Crippen LogP contribution in [0.2, 0.25) is 0 Å². The van der Waals surface area contributed by atoms with Crippen molar-refractivity contribution in [1.29, 1.82) is 0 Å². The first-order valence-corrected chi connectivity index (χ1v) is 4.79. The van der Waals surface area contributed by atoms with Gasteiger partial charge in [-0.1, -0.05) is 26.3 Å². The van der Waals surface area contributed by atoms with E-state index in [0.717, 1.165) is 12.0 Å². The molecule has 0 fully saturated rings. The van der Waals surface area contributed by atoms with E-state index >= 15 is 0 Å². The summed E-state index contributed by atoms with van der Waals surface area (Å²) in [6.07, 6.45) is 4.13. The Balaban J connectivity index is 2.95. The summed E-state index contributed by atoms with van der Waals surface area (Å²) in [5, 5.41) is 9.10. The fourth-order valence-corrected chi connectivity index (χ4v) is 1.51. The monoisotopic (exact) mass is 193 g/mol. The molecule has 1 rings (SSSR count). The maximum absolute atomic E-state index is 11.1. The minimum Gasteiger partial charge on any atom is -0.481 e. The van der Waals surface area contributed by atoms with Crippen molar-refractivity contribution in [2.24, 2.45) is 5.92 Å². The predicted octanol–water partition coefficient (Wildman–Crippen LogP) is 2.30. The topological polar surface area (TPSA) is 50.2 Å². The number of hydrogen-bond acceptors (Lipinski definition) is 2. The molecule has 2 atom stereocenters. The number of nitrogens with zero attached hydrogens (tertiary/aromatic N) is 1. The normalized spacial score (nSPS) is 14.7. The molecular weight excluding hydrogens is 178 g/mol. The fourth-order valence-electron chi connectivity index (χ4n) is 1.51. The highest BCUT2D eigenvalue weighted by Gasteiger charge is 2.25.